The monoisotopic (exact) mass is 421 g/mol. The molecular formula is C16H16BrN5O2S. The van der Waals surface area contributed by atoms with Gasteiger partial charge in [0.1, 0.15) is 18.0 Å². The molecule has 0 radical (unpaired) electrons. The van der Waals surface area contributed by atoms with Crippen LogP contribution in [0.15, 0.2) is 70.6 Å². The molecule has 25 heavy (non-hydrogen) atoms. The Kier molecular flexibility index (Phi) is 5.47. The molecule has 0 saturated heterocycles. The van der Waals surface area contributed by atoms with Crippen LogP contribution >= 0.6 is 15.9 Å². The molecule has 2 aromatic heterocycles. The van der Waals surface area contributed by atoms with Crippen LogP contribution in [-0.2, 0) is 10.0 Å². The van der Waals surface area contributed by atoms with Crippen molar-refractivity contribution in [1.29, 1.82) is 0 Å². The molecular weight excluding hydrogens is 406 g/mol. The van der Waals surface area contributed by atoms with Gasteiger partial charge in [0.05, 0.1) is 4.90 Å². The first-order valence-corrected chi connectivity index (χ1v) is 9.77. The Morgan fingerprint density at radius 1 is 1.04 bits per heavy atom. The molecule has 0 aliphatic carbocycles. The summed E-state index contributed by atoms with van der Waals surface area (Å²) in [6.07, 6.45) is 5.24. The molecule has 1 aromatic carbocycles. The maximum Gasteiger partial charge on any atom is 0.240 e. The topological polar surface area (TPSA) is 88.9 Å². The average Bonchev–Trinajstić information content (AvgIpc) is 3.14. The molecule has 0 fully saturated rings. The molecule has 0 amide bonds. The van der Waals surface area contributed by atoms with E-state index in [1.807, 2.05) is 29.1 Å². The largest absolute Gasteiger partial charge is 0.369 e. The number of nitrogens with zero attached hydrogens (tertiary/aromatic N) is 3. The molecule has 0 bridgehead atoms. The van der Waals surface area contributed by atoms with Gasteiger partial charge in [-0.05, 0) is 36.4 Å². The summed E-state index contributed by atoms with van der Waals surface area (Å²) in [5.74, 6) is 1.36. The summed E-state index contributed by atoms with van der Waals surface area (Å²) >= 11 is 3.28. The van der Waals surface area contributed by atoms with Crippen molar-refractivity contribution in [3.05, 3.63) is 65.7 Å². The minimum Gasteiger partial charge on any atom is -0.369 e. The van der Waals surface area contributed by atoms with Crippen LogP contribution in [0.25, 0.3) is 5.82 Å². The van der Waals surface area contributed by atoms with Crippen LogP contribution in [0.2, 0.25) is 0 Å². The van der Waals surface area contributed by atoms with Crippen molar-refractivity contribution < 1.29 is 8.42 Å². The van der Waals surface area contributed by atoms with Gasteiger partial charge in [-0.1, -0.05) is 15.9 Å². The van der Waals surface area contributed by atoms with Crippen molar-refractivity contribution in [2.75, 3.05) is 18.4 Å². The molecule has 0 spiro atoms. The molecule has 0 saturated carbocycles. The van der Waals surface area contributed by atoms with Gasteiger partial charge in [-0.15, -0.1) is 0 Å². The van der Waals surface area contributed by atoms with Gasteiger partial charge in [0.2, 0.25) is 10.0 Å². The van der Waals surface area contributed by atoms with Crippen LogP contribution in [0, 0.1) is 0 Å². The Labute approximate surface area is 154 Å². The van der Waals surface area contributed by atoms with Crippen molar-refractivity contribution in [2.24, 2.45) is 0 Å². The Bertz CT molecular complexity index is 927. The van der Waals surface area contributed by atoms with Crippen LogP contribution in [-0.4, -0.2) is 36.0 Å². The lowest BCUT2D eigenvalue weighted by atomic mass is 10.4. The molecule has 0 atom stereocenters. The number of sulfonamides is 1. The molecule has 2 N–H and O–H groups in total. The lowest BCUT2D eigenvalue weighted by Crippen LogP contribution is -2.29. The first-order valence-electron chi connectivity index (χ1n) is 7.49. The van der Waals surface area contributed by atoms with Crippen molar-refractivity contribution in [3.63, 3.8) is 0 Å². The van der Waals surface area contributed by atoms with E-state index in [-0.39, 0.29) is 11.4 Å². The zero-order valence-corrected chi connectivity index (χ0v) is 15.5. The van der Waals surface area contributed by atoms with Gasteiger partial charge in [-0.25, -0.2) is 23.1 Å². The zero-order valence-electron chi connectivity index (χ0n) is 13.1. The number of benzene rings is 1. The Balaban J connectivity index is 1.55. The summed E-state index contributed by atoms with van der Waals surface area (Å²) in [4.78, 5) is 8.56. The summed E-state index contributed by atoms with van der Waals surface area (Å²) < 4.78 is 29.6. The first-order chi connectivity index (χ1) is 12.0. The highest BCUT2D eigenvalue weighted by atomic mass is 79.9. The third-order valence-electron chi connectivity index (χ3n) is 3.37. The van der Waals surface area contributed by atoms with E-state index in [2.05, 4.69) is 35.9 Å². The highest BCUT2D eigenvalue weighted by Gasteiger charge is 2.12. The highest BCUT2D eigenvalue weighted by Crippen LogP contribution is 2.14. The van der Waals surface area contributed by atoms with Crippen molar-refractivity contribution >= 4 is 31.8 Å². The highest BCUT2D eigenvalue weighted by molar-refractivity contribution is 9.10. The standard InChI is InChI=1S/C16H16BrN5O2S/c17-13-3-5-14(6-4-13)25(23,24)21-8-7-18-15-11-16(20-12-19-15)22-9-1-2-10-22/h1-6,9-12,21H,7-8H2,(H,18,19,20). The average molecular weight is 422 g/mol. The molecule has 0 aliphatic heterocycles. The SMILES string of the molecule is O=S(=O)(NCCNc1cc(-n2cccc2)ncn1)c1ccc(Br)cc1. The van der Waals surface area contributed by atoms with Crippen LogP contribution in [0.5, 0.6) is 0 Å². The molecule has 9 heteroatoms. The lowest BCUT2D eigenvalue weighted by Gasteiger charge is -2.09. The van der Waals surface area contributed by atoms with Crippen molar-refractivity contribution in [2.45, 2.75) is 4.90 Å². The van der Waals surface area contributed by atoms with Crippen LogP contribution in [0.3, 0.4) is 0 Å². The number of anilines is 1. The summed E-state index contributed by atoms with van der Waals surface area (Å²) in [5, 5.41) is 3.08. The van der Waals surface area contributed by atoms with E-state index in [1.165, 1.54) is 6.33 Å². The van der Waals surface area contributed by atoms with E-state index in [4.69, 9.17) is 0 Å². The Hall–Kier alpha value is -2.23. The number of halogens is 1. The number of hydrogen-bond donors (Lipinski definition) is 2. The molecule has 3 rings (SSSR count). The molecule has 7 nitrogen and oxygen atoms in total. The quantitative estimate of drug-likeness (QED) is 0.571. The zero-order chi connectivity index (χ0) is 17.7. The van der Waals surface area contributed by atoms with Gasteiger partial charge < -0.3 is 9.88 Å². The number of aromatic nitrogens is 3. The second-order valence-corrected chi connectivity index (χ2v) is 7.81. The van der Waals surface area contributed by atoms with E-state index in [1.54, 1.807) is 30.3 Å². The summed E-state index contributed by atoms with van der Waals surface area (Å²) in [6, 6.07) is 12.1. The normalized spacial score (nSPS) is 11.4. The van der Waals surface area contributed by atoms with Crippen LogP contribution in [0.4, 0.5) is 5.82 Å². The van der Waals surface area contributed by atoms with Gasteiger partial charge in [-0.2, -0.15) is 0 Å². The third-order valence-corrected chi connectivity index (χ3v) is 5.37. The van der Waals surface area contributed by atoms with Crippen LogP contribution in [0.1, 0.15) is 0 Å². The minimum atomic E-state index is -3.52. The van der Waals surface area contributed by atoms with Gasteiger partial charge in [0.15, 0.2) is 0 Å². The van der Waals surface area contributed by atoms with E-state index in [9.17, 15) is 8.42 Å². The summed E-state index contributed by atoms with van der Waals surface area (Å²) in [6.45, 7) is 0.638. The summed E-state index contributed by atoms with van der Waals surface area (Å²) in [5.41, 5.74) is 0. The molecule has 0 aliphatic rings. The fourth-order valence-electron chi connectivity index (χ4n) is 2.15. The van der Waals surface area contributed by atoms with E-state index < -0.39 is 10.0 Å². The molecule has 0 unspecified atom stereocenters. The van der Waals surface area contributed by atoms with Gasteiger partial charge in [-0.3, -0.25) is 0 Å². The predicted molar refractivity (Wildman–Crippen MR) is 99.2 cm³/mol. The van der Waals surface area contributed by atoms with Gasteiger partial charge in [0.25, 0.3) is 0 Å². The van der Waals surface area contributed by atoms with Crippen molar-refractivity contribution in [3.8, 4) is 5.82 Å². The maximum atomic E-state index is 12.2. The third kappa shape index (κ3) is 4.65. The molecule has 3 aromatic rings. The van der Waals surface area contributed by atoms with E-state index in [0.29, 0.717) is 12.4 Å². The number of nitrogens with one attached hydrogen (secondary N) is 2. The first kappa shape index (κ1) is 17.6. The number of rotatable bonds is 7. The Morgan fingerprint density at radius 2 is 1.76 bits per heavy atom. The second-order valence-electron chi connectivity index (χ2n) is 5.13. The lowest BCUT2D eigenvalue weighted by molar-refractivity contribution is 0.583. The fraction of sp³-hybridized carbons (Fsp3) is 0.125. The Morgan fingerprint density at radius 3 is 2.48 bits per heavy atom. The smallest absolute Gasteiger partial charge is 0.240 e. The minimum absolute atomic E-state index is 0.229. The molecule has 130 valence electrons. The maximum absolute atomic E-state index is 12.2. The van der Waals surface area contributed by atoms with E-state index >= 15 is 0 Å². The van der Waals surface area contributed by atoms with Crippen LogP contribution < -0.4 is 10.0 Å². The van der Waals surface area contributed by atoms with Crippen molar-refractivity contribution in [1.82, 2.24) is 19.3 Å². The van der Waals surface area contributed by atoms with Gasteiger partial charge in [0, 0.05) is 36.0 Å². The molecule has 2 heterocycles. The van der Waals surface area contributed by atoms with Gasteiger partial charge >= 0.3 is 0 Å². The van der Waals surface area contributed by atoms with E-state index in [0.717, 1.165) is 10.3 Å². The summed E-state index contributed by atoms with van der Waals surface area (Å²) in [7, 11) is -3.52. The fourth-order valence-corrected chi connectivity index (χ4v) is 3.44. The number of hydrogen-bond acceptors (Lipinski definition) is 5. The second kappa shape index (κ2) is 7.77. The predicted octanol–water partition coefficient (Wildman–Crippen LogP) is 2.42.